The average molecular weight is 597 g/mol. The Kier molecular flexibility index (Phi) is 7.20. The highest BCUT2D eigenvalue weighted by molar-refractivity contribution is 6.33. The maximum Gasteiger partial charge on any atom is 0.343 e. The molecule has 0 saturated carbocycles. The molecule has 2 atom stereocenters. The minimum atomic E-state index is -1.95. The second-order valence-corrected chi connectivity index (χ2v) is 9.69. The van der Waals surface area contributed by atoms with E-state index in [0.717, 1.165) is 0 Å². The molecule has 1 aliphatic carbocycles. The van der Waals surface area contributed by atoms with Crippen LogP contribution in [-0.2, 0) is 0 Å². The predicted octanol–water partition coefficient (Wildman–Crippen LogP) is 2.37. The number of carbonyl (C=O) groups is 1. The number of carboxylic acid groups (broad SMARTS) is 1. The number of hydrogen-bond donors (Lipinski definition) is 14. The lowest BCUT2D eigenvalue weighted by atomic mass is 9.68. The second kappa shape index (κ2) is 10.2. The molecule has 0 amide bonds. The van der Waals surface area contributed by atoms with Gasteiger partial charge in [0.05, 0.1) is 16.1 Å². The summed E-state index contributed by atoms with van der Waals surface area (Å²) in [6.07, 6.45) is 0. The number of hydrogen-bond acceptors (Lipinski definition) is 14. The van der Waals surface area contributed by atoms with Crippen molar-refractivity contribution in [3.05, 3.63) is 21.7 Å². The quantitative estimate of drug-likeness (QED) is 0.101. The summed E-state index contributed by atoms with van der Waals surface area (Å²) in [5.41, 5.74) is -3.12. The van der Waals surface area contributed by atoms with Gasteiger partial charge in [0.15, 0.2) is 40.2 Å². The molecule has 0 saturated heterocycles. The Hall–Kier alpha value is -5.02. The number of carboxylic acids is 1. The van der Waals surface area contributed by atoms with Crippen molar-refractivity contribution in [3.63, 3.8) is 0 Å². The van der Waals surface area contributed by atoms with Crippen LogP contribution in [0.25, 0.3) is 11.1 Å². The minimum Gasteiger partial charge on any atom is -0.506 e. The minimum absolute atomic E-state index is 0.0656. The lowest BCUT2D eigenvalue weighted by Gasteiger charge is -2.39. The third kappa shape index (κ3) is 4.22. The molecule has 3 aromatic carbocycles. The van der Waals surface area contributed by atoms with E-state index in [1.54, 1.807) is 6.92 Å². The van der Waals surface area contributed by atoms with Crippen LogP contribution in [0.4, 0.5) is 5.69 Å². The first-order chi connectivity index (χ1) is 19.1. The van der Waals surface area contributed by atoms with Gasteiger partial charge in [-0.3, -0.25) is 0 Å². The number of aromatic carboxylic acids is 1. The molecule has 0 bridgehead atoms. The van der Waals surface area contributed by atoms with Gasteiger partial charge in [-0.25, -0.2) is 4.79 Å². The highest BCUT2D eigenvalue weighted by atomic mass is 35.5. The van der Waals surface area contributed by atoms with Gasteiger partial charge in [0, 0.05) is 31.1 Å². The number of aromatic hydroxyl groups is 11. The van der Waals surface area contributed by atoms with Crippen LogP contribution in [0, 0.1) is 0 Å². The lowest BCUT2D eigenvalue weighted by Crippen LogP contribution is -2.34. The van der Waals surface area contributed by atoms with Gasteiger partial charge >= 0.3 is 5.97 Å². The zero-order chi connectivity index (χ0) is 30.7. The van der Waals surface area contributed by atoms with Crippen LogP contribution < -0.4 is 10.6 Å². The predicted molar refractivity (Wildman–Crippen MR) is 141 cm³/mol. The first kappa shape index (κ1) is 29.0. The molecule has 0 aromatic heterocycles. The summed E-state index contributed by atoms with van der Waals surface area (Å²) in [4.78, 5) is 11.5. The maximum atomic E-state index is 11.5. The molecule has 15 nitrogen and oxygen atoms in total. The van der Waals surface area contributed by atoms with Gasteiger partial charge in [-0.2, -0.15) is 0 Å². The highest BCUT2D eigenvalue weighted by Crippen LogP contribution is 2.61. The van der Waals surface area contributed by atoms with Crippen LogP contribution in [0.1, 0.15) is 40.2 Å². The number of halogens is 1. The van der Waals surface area contributed by atoms with Crippen molar-refractivity contribution in [2.75, 3.05) is 25.0 Å². The number of nitrogens with one attached hydrogen (secondary N) is 2. The lowest BCUT2D eigenvalue weighted by molar-refractivity contribution is 0.0689. The summed E-state index contributed by atoms with van der Waals surface area (Å²) in [7, 11) is 0. The van der Waals surface area contributed by atoms with Crippen molar-refractivity contribution in [3.8, 4) is 74.4 Å². The van der Waals surface area contributed by atoms with Crippen molar-refractivity contribution < 1.29 is 66.1 Å². The molecule has 2 unspecified atom stereocenters. The Morgan fingerprint density at radius 2 is 1.20 bits per heavy atom. The molecule has 1 aliphatic rings. The maximum absolute atomic E-state index is 11.5. The molecule has 41 heavy (non-hydrogen) atoms. The van der Waals surface area contributed by atoms with Crippen LogP contribution in [0.3, 0.4) is 0 Å². The van der Waals surface area contributed by atoms with Gasteiger partial charge in [-0.15, -0.1) is 0 Å². The SMILES string of the molecule is CC1c2c(Cl)c(O)c(O)c(O)c2C1CNCCNc1c(O)c(O)c(O)c(-c2c(O)c(O)c(O)c(C(=O)O)c2O)c1O. The third-order valence-corrected chi connectivity index (χ3v) is 7.47. The molecule has 4 rings (SSSR count). The first-order valence-electron chi connectivity index (χ1n) is 11.8. The number of benzene rings is 3. The number of rotatable bonds is 8. The van der Waals surface area contributed by atoms with Crippen molar-refractivity contribution in [2.24, 2.45) is 0 Å². The van der Waals surface area contributed by atoms with Crippen LogP contribution in [0.2, 0.25) is 5.02 Å². The van der Waals surface area contributed by atoms with Crippen molar-refractivity contribution in [2.45, 2.75) is 18.8 Å². The highest BCUT2D eigenvalue weighted by Gasteiger charge is 2.41. The fourth-order valence-electron chi connectivity index (χ4n) is 4.94. The Labute approximate surface area is 234 Å². The first-order valence-corrected chi connectivity index (χ1v) is 12.2. The van der Waals surface area contributed by atoms with E-state index in [-0.39, 0.29) is 36.5 Å². The van der Waals surface area contributed by atoms with Crippen molar-refractivity contribution >= 4 is 23.3 Å². The molecule has 3 aromatic rings. The summed E-state index contributed by atoms with van der Waals surface area (Å²) >= 11 is 6.07. The fraction of sp³-hybridized carbons (Fsp3) is 0.240. The van der Waals surface area contributed by atoms with Crippen LogP contribution in [-0.4, -0.2) is 86.9 Å². The average Bonchev–Trinajstić information content (AvgIpc) is 2.92. The smallest absolute Gasteiger partial charge is 0.343 e. The zero-order valence-electron chi connectivity index (χ0n) is 20.9. The van der Waals surface area contributed by atoms with Crippen LogP contribution >= 0.6 is 11.6 Å². The van der Waals surface area contributed by atoms with Gasteiger partial charge in [-0.05, 0) is 11.5 Å². The Morgan fingerprint density at radius 1 is 0.659 bits per heavy atom. The fourth-order valence-corrected chi connectivity index (χ4v) is 5.31. The molecule has 0 fully saturated rings. The molecule has 0 radical (unpaired) electrons. The number of phenols is 11. The van der Waals surface area contributed by atoms with Gasteiger partial charge in [0.1, 0.15) is 17.0 Å². The summed E-state index contributed by atoms with van der Waals surface area (Å²) in [6, 6.07) is 0. The van der Waals surface area contributed by atoms with Crippen molar-refractivity contribution in [1.29, 1.82) is 0 Å². The summed E-state index contributed by atoms with van der Waals surface area (Å²) in [5, 5.41) is 127. The van der Waals surface area contributed by atoms with Crippen LogP contribution in [0.15, 0.2) is 0 Å². The summed E-state index contributed by atoms with van der Waals surface area (Å²) in [5.74, 6) is -14.6. The zero-order valence-corrected chi connectivity index (χ0v) is 21.7. The number of phenolic OH excluding ortho intramolecular Hbond substituents is 9. The van der Waals surface area contributed by atoms with E-state index in [2.05, 4.69) is 10.6 Å². The van der Waals surface area contributed by atoms with Gasteiger partial charge in [-0.1, -0.05) is 18.5 Å². The molecule has 14 N–H and O–H groups in total. The molecule has 0 aliphatic heterocycles. The Morgan fingerprint density at radius 3 is 1.78 bits per heavy atom. The monoisotopic (exact) mass is 596 g/mol. The Bertz CT molecular complexity index is 1610. The molecular formula is C25H25ClN2O13. The van der Waals surface area contributed by atoms with Gasteiger partial charge in [0.25, 0.3) is 0 Å². The van der Waals surface area contributed by atoms with E-state index in [4.69, 9.17) is 11.6 Å². The number of anilines is 1. The van der Waals surface area contributed by atoms with Gasteiger partial charge in [0.2, 0.25) is 17.2 Å². The van der Waals surface area contributed by atoms with Crippen molar-refractivity contribution in [1.82, 2.24) is 5.32 Å². The second-order valence-electron chi connectivity index (χ2n) is 9.31. The van der Waals surface area contributed by atoms with E-state index in [1.165, 1.54) is 0 Å². The van der Waals surface area contributed by atoms with E-state index in [9.17, 15) is 66.1 Å². The topological polar surface area (TPSA) is 284 Å². The Balaban J connectivity index is 1.58. The standard InChI is InChI=1S/C25H25ClN2O13/c1-5-6(8-7(5)12(26)20(35)23(38)16(8)31)4-27-2-3-28-13-15(30)10(18(33)24(39)21(13)36)9-14(29)11(25(40)41)19(34)22(37)17(9)32/h5-6,27-39H,2-4H2,1H3,(H,40,41). The van der Waals surface area contributed by atoms with Crippen LogP contribution in [0.5, 0.6) is 63.2 Å². The molecular weight excluding hydrogens is 572 g/mol. The molecule has 220 valence electrons. The van der Waals surface area contributed by atoms with E-state index in [1.807, 2.05) is 0 Å². The summed E-state index contributed by atoms with van der Waals surface area (Å²) in [6.45, 7) is 2.09. The molecule has 16 heteroatoms. The van der Waals surface area contributed by atoms with Gasteiger partial charge < -0.3 is 71.9 Å². The largest absolute Gasteiger partial charge is 0.506 e. The molecule has 0 heterocycles. The van der Waals surface area contributed by atoms with E-state index in [0.29, 0.717) is 11.1 Å². The van der Waals surface area contributed by atoms with E-state index < -0.39 is 91.6 Å². The summed E-state index contributed by atoms with van der Waals surface area (Å²) < 4.78 is 0. The third-order valence-electron chi connectivity index (χ3n) is 7.09. The van der Waals surface area contributed by atoms with E-state index >= 15 is 0 Å². The normalized spacial score (nSPS) is 15.8. The molecule has 0 spiro atoms. The number of fused-ring (bicyclic) bond motifs is 1.